The smallest absolute Gasteiger partial charge is 0.191 e. The molecule has 0 amide bonds. The van der Waals surface area contributed by atoms with E-state index in [1.165, 1.54) is 0 Å². The summed E-state index contributed by atoms with van der Waals surface area (Å²) in [5, 5.41) is 6.66. The first-order chi connectivity index (χ1) is 9.78. The molecule has 120 valence electrons. The summed E-state index contributed by atoms with van der Waals surface area (Å²) in [4.78, 5) is 6.98. The van der Waals surface area contributed by atoms with Gasteiger partial charge in [0, 0.05) is 32.8 Å². The van der Waals surface area contributed by atoms with Gasteiger partial charge in [0.15, 0.2) is 5.96 Å². The Labute approximate surface area is 125 Å². The molecule has 0 saturated carbocycles. The summed E-state index contributed by atoms with van der Waals surface area (Å²) < 4.78 is 5.31. The molecular weight excluding hydrogens is 252 g/mol. The Hall–Kier alpha value is -0.810. The Kier molecular flexibility index (Phi) is 14.0. The molecule has 5 nitrogen and oxygen atoms in total. The third-order valence-electron chi connectivity index (χ3n) is 3.10. The lowest BCUT2D eigenvalue weighted by molar-refractivity contribution is 0.146. The maximum Gasteiger partial charge on any atom is 0.191 e. The second-order valence-electron chi connectivity index (χ2n) is 4.62. The first-order valence-corrected chi connectivity index (χ1v) is 8.10. The van der Waals surface area contributed by atoms with E-state index in [9.17, 15) is 0 Å². The van der Waals surface area contributed by atoms with Crippen LogP contribution in [0.1, 0.15) is 40.5 Å². The Morgan fingerprint density at radius 2 is 1.80 bits per heavy atom. The van der Waals surface area contributed by atoms with Crippen LogP contribution in [0.2, 0.25) is 0 Å². The molecule has 20 heavy (non-hydrogen) atoms. The lowest BCUT2D eigenvalue weighted by Crippen LogP contribution is -2.39. The number of nitrogens with one attached hydrogen (secondary N) is 2. The molecule has 0 rings (SSSR count). The summed E-state index contributed by atoms with van der Waals surface area (Å²) in [5.74, 6) is 0.920. The predicted octanol–water partition coefficient (Wildman–Crippen LogP) is 1.70. The highest BCUT2D eigenvalue weighted by molar-refractivity contribution is 5.79. The quantitative estimate of drug-likeness (QED) is 0.326. The van der Waals surface area contributed by atoms with Crippen molar-refractivity contribution >= 4 is 5.96 Å². The Balaban J connectivity index is 3.80. The zero-order valence-electron chi connectivity index (χ0n) is 13.9. The van der Waals surface area contributed by atoms with Gasteiger partial charge in [-0.05, 0) is 46.3 Å². The van der Waals surface area contributed by atoms with Crippen molar-refractivity contribution in [1.82, 2.24) is 15.5 Å². The zero-order chi connectivity index (χ0) is 15.1. The maximum absolute atomic E-state index is 5.31. The van der Waals surface area contributed by atoms with E-state index in [0.29, 0.717) is 0 Å². The van der Waals surface area contributed by atoms with Crippen molar-refractivity contribution in [2.75, 3.05) is 52.5 Å². The molecule has 2 N–H and O–H groups in total. The fourth-order valence-electron chi connectivity index (χ4n) is 1.89. The van der Waals surface area contributed by atoms with E-state index in [1.54, 1.807) is 0 Å². The molecule has 0 aliphatic carbocycles. The van der Waals surface area contributed by atoms with Gasteiger partial charge in [-0.1, -0.05) is 13.8 Å². The number of hydrogen-bond donors (Lipinski definition) is 2. The van der Waals surface area contributed by atoms with Crippen LogP contribution in [0, 0.1) is 0 Å². The average Bonchev–Trinajstić information content (AvgIpc) is 2.47. The summed E-state index contributed by atoms with van der Waals surface area (Å²) in [7, 11) is 0. The number of aliphatic imine (C=N–C) groups is 1. The van der Waals surface area contributed by atoms with Crippen LogP contribution in [0.4, 0.5) is 0 Å². The molecule has 5 heteroatoms. The summed E-state index contributed by atoms with van der Waals surface area (Å²) in [5.41, 5.74) is 0. The first kappa shape index (κ1) is 19.2. The van der Waals surface area contributed by atoms with Gasteiger partial charge in [-0.2, -0.15) is 0 Å². The Bertz CT molecular complexity index is 230. The average molecular weight is 286 g/mol. The van der Waals surface area contributed by atoms with Gasteiger partial charge in [0.2, 0.25) is 0 Å². The van der Waals surface area contributed by atoms with Gasteiger partial charge in [0.1, 0.15) is 0 Å². The summed E-state index contributed by atoms with van der Waals surface area (Å²) >= 11 is 0. The van der Waals surface area contributed by atoms with Crippen LogP contribution < -0.4 is 10.6 Å². The van der Waals surface area contributed by atoms with Gasteiger partial charge in [-0.25, -0.2) is 0 Å². The van der Waals surface area contributed by atoms with E-state index in [0.717, 1.165) is 71.3 Å². The summed E-state index contributed by atoms with van der Waals surface area (Å²) in [6, 6.07) is 0. The lowest BCUT2D eigenvalue weighted by Gasteiger charge is -2.18. The van der Waals surface area contributed by atoms with Gasteiger partial charge in [-0.15, -0.1) is 0 Å². The highest BCUT2D eigenvalue weighted by Crippen LogP contribution is 1.90. The molecule has 0 saturated heterocycles. The molecule has 0 radical (unpaired) electrons. The third kappa shape index (κ3) is 11.1. The van der Waals surface area contributed by atoms with Crippen molar-refractivity contribution in [3.63, 3.8) is 0 Å². The number of ether oxygens (including phenoxy) is 1. The fraction of sp³-hybridized carbons (Fsp3) is 0.933. The number of guanidine groups is 1. The molecule has 0 unspecified atom stereocenters. The van der Waals surface area contributed by atoms with Crippen molar-refractivity contribution in [3.8, 4) is 0 Å². The van der Waals surface area contributed by atoms with Gasteiger partial charge in [-0.3, -0.25) is 4.99 Å². The number of rotatable bonds is 12. The van der Waals surface area contributed by atoms with Crippen molar-refractivity contribution in [3.05, 3.63) is 0 Å². The van der Waals surface area contributed by atoms with Crippen LogP contribution in [-0.4, -0.2) is 63.3 Å². The lowest BCUT2D eigenvalue weighted by atomic mass is 10.3. The van der Waals surface area contributed by atoms with Crippen LogP contribution in [0.3, 0.4) is 0 Å². The zero-order valence-corrected chi connectivity index (χ0v) is 13.9. The van der Waals surface area contributed by atoms with Crippen LogP contribution >= 0.6 is 0 Å². The summed E-state index contributed by atoms with van der Waals surface area (Å²) in [6.45, 7) is 16.2. The van der Waals surface area contributed by atoms with E-state index in [2.05, 4.69) is 41.3 Å². The number of hydrogen-bond acceptors (Lipinski definition) is 3. The predicted molar refractivity (Wildman–Crippen MR) is 87.5 cm³/mol. The molecule has 0 spiro atoms. The van der Waals surface area contributed by atoms with Crippen LogP contribution in [0.5, 0.6) is 0 Å². The van der Waals surface area contributed by atoms with Crippen molar-refractivity contribution in [2.24, 2.45) is 4.99 Å². The highest BCUT2D eigenvalue weighted by atomic mass is 16.5. The van der Waals surface area contributed by atoms with Gasteiger partial charge >= 0.3 is 0 Å². The minimum absolute atomic E-state index is 0.785. The van der Waals surface area contributed by atoms with Gasteiger partial charge < -0.3 is 20.3 Å². The van der Waals surface area contributed by atoms with E-state index in [4.69, 9.17) is 4.74 Å². The normalized spacial score (nSPS) is 11.9. The van der Waals surface area contributed by atoms with Crippen LogP contribution in [0.25, 0.3) is 0 Å². The molecule has 0 aliphatic heterocycles. The van der Waals surface area contributed by atoms with Crippen molar-refractivity contribution < 1.29 is 4.74 Å². The molecule has 0 bridgehead atoms. The van der Waals surface area contributed by atoms with E-state index >= 15 is 0 Å². The molecule has 0 heterocycles. The molecule has 0 aromatic carbocycles. The highest BCUT2D eigenvalue weighted by Gasteiger charge is 2.00. The minimum Gasteiger partial charge on any atom is -0.382 e. The van der Waals surface area contributed by atoms with Gasteiger partial charge in [0.05, 0.1) is 0 Å². The maximum atomic E-state index is 5.31. The van der Waals surface area contributed by atoms with Crippen molar-refractivity contribution in [2.45, 2.75) is 40.5 Å². The van der Waals surface area contributed by atoms with Crippen molar-refractivity contribution in [1.29, 1.82) is 0 Å². The standard InChI is InChI=1S/C15H34N4O/c1-5-16-15(18-12-10-14-20-8-4)17-11-9-13-19(6-2)7-3/h5-14H2,1-4H3,(H2,16,17,18). The molecule has 0 aliphatic rings. The van der Waals surface area contributed by atoms with E-state index in [-0.39, 0.29) is 0 Å². The molecule has 0 aromatic rings. The topological polar surface area (TPSA) is 48.9 Å². The Morgan fingerprint density at radius 3 is 2.40 bits per heavy atom. The van der Waals surface area contributed by atoms with Gasteiger partial charge in [0.25, 0.3) is 0 Å². The van der Waals surface area contributed by atoms with Crippen LogP contribution in [-0.2, 0) is 4.74 Å². The third-order valence-corrected chi connectivity index (χ3v) is 3.10. The van der Waals surface area contributed by atoms with Crippen LogP contribution in [0.15, 0.2) is 4.99 Å². The molecule has 0 atom stereocenters. The first-order valence-electron chi connectivity index (χ1n) is 8.10. The monoisotopic (exact) mass is 286 g/mol. The Morgan fingerprint density at radius 1 is 1.05 bits per heavy atom. The molecule has 0 aromatic heterocycles. The molecule has 0 fully saturated rings. The molecular formula is C15H34N4O. The summed E-state index contributed by atoms with van der Waals surface area (Å²) in [6.07, 6.45) is 2.12. The SMILES string of the molecule is CCNC(=NCCCOCC)NCCCN(CC)CC. The fourth-order valence-corrected chi connectivity index (χ4v) is 1.89. The van der Waals surface area contributed by atoms with E-state index in [1.807, 2.05) is 6.92 Å². The number of nitrogens with zero attached hydrogens (tertiary/aromatic N) is 2. The second-order valence-corrected chi connectivity index (χ2v) is 4.62. The van der Waals surface area contributed by atoms with E-state index < -0.39 is 0 Å². The second kappa shape index (κ2) is 14.6. The largest absolute Gasteiger partial charge is 0.382 e. The minimum atomic E-state index is 0.785.